The molecule has 3 heterocycles. The van der Waals surface area contributed by atoms with Gasteiger partial charge in [0.1, 0.15) is 6.10 Å². The van der Waals surface area contributed by atoms with E-state index in [1.165, 1.54) is 0 Å². The number of pyridine rings is 1. The van der Waals surface area contributed by atoms with E-state index in [0.29, 0.717) is 25.3 Å². The SMILES string of the molecule is CN=C(NCCNC(=O)c1cccnc1)N1CCOC(C2CCCO2)C1.I. The summed E-state index contributed by atoms with van der Waals surface area (Å²) in [6.07, 6.45) is 5.65. The number of carbonyl (C=O) groups excluding carboxylic acids is 1. The zero-order valence-electron chi connectivity index (χ0n) is 15.6. The minimum Gasteiger partial charge on any atom is -0.375 e. The van der Waals surface area contributed by atoms with Crippen LogP contribution in [0.1, 0.15) is 23.2 Å². The topological polar surface area (TPSA) is 88.1 Å². The van der Waals surface area contributed by atoms with Crippen LogP contribution in [-0.4, -0.2) is 80.4 Å². The molecule has 150 valence electrons. The van der Waals surface area contributed by atoms with E-state index in [0.717, 1.165) is 38.5 Å². The van der Waals surface area contributed by atoms with Crippen LogP contribution in [0.4, 0.5) is 0 Å². The molecule has 2 aliphatic heterocycles. The Balaban J connectivity index is 0.00000261. The molecule has 0 aliphatic carbocycles. The van der Waals surface area contributed by atoms with E-state index in [1.807, 2.05) is 0 Å². The molecule has 2 atom stereocenters. The number of nitrogens with one attached hydrogen (secondary N) is 2. The molecule has 9 heteroatoms. The quantitative estimate of drug-likeness (QED) is 0.277. The van der Waals surface area contributed by atoms with Crippen molar-refractivity contribution < 1.29 is 14.3 Å². The van der Waals surface area contributed by atoms with Crippen LogP contribution in [0.15, 0.2) is 29.5 Å². The monoisotopic (exact) mass is 489 g/mol. The van der Waals surface area contributed by atoms with Gasteiger partial charge in [-0.25, -0.2) is 0 Å². The van der Waals surface area contributed by atoms with Crippen molar-refractivity contribution in [3.8, 4) is 0 Å². The van der Waals surface area contributed by atoms with Crippen molar-refractivity contribution in [3.05, 3.63) is 30.1 Å². The van der Waals surface area contributed by atoms with Gasteiger partial charge in [-0.2, -0.15) is 0 Å². The van der Waals surface area contributed by atoms with Crippen LogP contribution in [0.25, 0.3) is 0 Å². The highest BCUT2D eigenvalue weighted by Crippen LogP contribution is 2.20. The van der Waals surface area contributed by atoms with Crippen LogP contribution >= 0.6 is 24.0 Å². The van der Waals surface area contributed by atoms with E-state index in [1.54, 1.807) is 31.6 Å². The maximum absolute atomic E-state index is 12.0. The van der Waals surface area contributed by atoms with Crippen molar-refractivity contribution in [2.75, 3.05) is 46.4 Å². The second kappa shape index (κ2) is 11.4. The normalized spacial score (nSPS) is 22.9. The van der Waals surface area contributed by atoms with Gasteiger partial charge < -0.3 is 25.0 Å². The number of rotatable bonds is 5. The Labute approximate surface area is 177 Å². The smallest absolute Gasteiger partial charge is 0.252 e. The van der Waals surface area contributed by atoms with Gasteiger partial charge in [-0.1, -0.05) is 0 Å². The van der Waals surface area contributed by atoms with Crippen LogP contribution in [-0.2, 0) is 9.47 Å². The summed E-state index contributed by atoms with van der Waals surface area (Å²) in [5.41, 5.74) is 0.560. The van der Waals surface area contributed by atoms with Crippen LogP contribution in [0, 0.1) is 0 Å². The molecule has 2 N–H and O–H groups in total. The summed E-state index contributed by atoms with van der Waals surface area (Å²) in [6.45, 7) is 4.17. The van der Waals surface area contributed by atoms with Crippen molar-refractivity contribution in [3.63, 3.8) is 0 Å². The van der Waals surface area contributed by atoms with Gasteiger partial charge in [0.2, 0.25) is 0 Å². The third-order valence-corrected chi connectivity index (χ3v) is 4.60. The van der Waals surface area contributed by atoms with E-state index in [2.05, 4.69) is 25.5 Å². The van der Waals surface area contributed by atoms with Gasteiger partial charge in [0, 0.05) is 52.2 Å². The number of carbonyl (C=O) groups is 1. The van der Waals surface area contributed by atoms with E-state index >= 15 is 0 Å². The highest BCUT2D eigenvalue weighted by Gasteiger charge is 2.32. The minimum atomic E-state index is -0.125. The number of halogens is 1. The van der Waals surface area contributed by atoms with Crippen molar-refractivity contribution in [2.24, 2.45) is 4.99 Å². The van der Waals surface area contributed by atoms with Gasteiger partial charge in [-0.15, -0.1) is 24.0 Å². The third-order valence-electron chi connectivity index (χ3n) is 4.60. The molecule has 2 fully saturated rings. The predicted octanol–water partition coefficient (Wildman–Crippen LogP) is 0.885. The number of aromatic nitrogens is 1. The lowest BCUT2D eigenvalue weighted by Gasteiger charge is -2.37. The Bertz CT molecular complexity index is 610. The predicted molar refractivity (Wildman–Crippen MR) is 114 cm³/mol. The summed E-state index contributed by atoms with van der Waals surface area (Å²) in [6, 6.07) is 3.49. The Hall–Kier alpha value is -1.46. The molecule has 0 aromatic carbocycles. The summed E-state index contributed by atoms with van der Waals surface area (Å²) in [5.74, 6) is 0.701. The molecule has 2 saturated heterocycles. The Morgan fingerprint density at radius 3 is 2.81 bits per heavy atom. The van der Waals surface area contributed by atoms with Crippen molar-refractivity contribution in [1.29, 1.82) is 0 Å². The molecule has 27 heavy (non-hydrogen) atoms. The first kappa shape index (κ1) is 21.8. The van der Waals surface area contributed by atoms with Crippen LogP contribution in [0.3, 0.4) is 0 Å². The summed E-state index contributed by atoms with van der Waals surface area (Å²) < 4.78 is 11.6. The molecule has 1 amide bonds. The minimum absolute atomic E-state index is 0. The Morgan fingerprint density at radius 2 is 2.11 bits per heavy atom. The highest BCUT2D eigenvalue weighted by atomic mass is 127. The van der Waals surface area contributed by atoms with Crippen LogP contribution in [0.2, 0.25) is 0 Å². The molecule has 0 radical (unpaired) electrons. The molecule has 0 spiro atoms. The average molecular weight is 489 g/mol. The van der Waals surface area contributed by atoms with Crippen molar-refractivity contribution in [2.45, 2.75) is 25.0 Å². The molecule has 1 aromatic heterocycles. The first-order valence-electron chi connectivity index (χ1n) is 9.15. The second-order valence-electron chi connectivity index (χ2n) is 6.38. The van der Waals surface area contributed by atoms with Gasteiger partial charge in [0.25, 0.3) is 5.91 Å². The van der Waals surface area contributed by atoms with Gasteiger partial charge in [-0.05, 0) is 25.0 Å². The van der Waals surface area contributed by atoms with E-state index < -0.39 is 0 Å². The number of hydrogen-bond acceptors (Lipinski definition) is 5. The van der Waals surface area contributed by atoms with E-state index in [-0.39, 0.29) is 42.1 Å². The maximum atomic E-state index is 12.0. The molecular weight excluding hydrogens is 461 g/mol. The lowest BCUT2D eigenvalue weighted by molar-refractivity contribution is -0.0816. The van der Waals surface area contributed by atoms with Crippen molar-refractivity contribution >= 4 is 35.8 Å². The number of ether oxygens (including phenoxy) is 2. The number of amides is 1. The fourth-order valence-corrected chi connectivity index (χ4v) is 3.27. The summed E-state index contributed by atoms with van der Waals surface area (Å²) in [7, 11) is 1.77. The zero-order chi connectivity index (χ0) is 18.2. The standard InChI is InChI=1S/C18H27N5O3.HI/c1-19-18(22-8-7-21-17(24)14-4-2-6-20-12-14)23-9-11-26-16(13-23)15-5-3-10-25-15;/h2,4,6,12,15-16H,3,5,7-11,13H2,1H3,(H,19,22)(H,21,24);1H. The summed E-state index contributed by atoms with van der Waals surface area (Å²) in [4.78, 5) is 22.5. The van der Waals surface area contributed by atoms with E-state index in [9.17, 15) is 4.79 Å². The molecule has 0 saturated carbocycles. The number of nitrogens with zero attached hydrogens (tertiary/aromatic N) is 3. The molecule has 2 aliphatic rings. The van der Waals surface area contributed by atoms with Gasteiger partial charge in [-0.3, -0.25) is 14.8 Å². The highest BCUT2D eigenvalue weighted by molar-refractivity contribution is 14.0. The second-order valence-corrected chi connectivity index (χ2v) is 6.38. The van der Waals surface area contributed by atoms with Crippen LogP contribution in [0.5, 0.6) is 0 Å². The molecule has 8 nitrogen and oxygen atoms in total. The van der Waals surface area contributed by atoms with Gasteiger partial charge >= 0.3 is 0 Å². The number of aliphatic imine (C=N–C) groups is 1. The van der Waals surface area contributed by atoms with Crippen LogP contribution < -0.4 is 10.6 Å². The largest absolute Gasteiger partial charge is 0.375 e. The number of guanidine groups is 1. The molecule has 2 unspecified atom stereocenters. The van der Waals surface area contributed by atoms with Gasteiger partial charge in [0.15, 0.2) is 5.96 Å². The lowest BCUT2D eigenvalue weighted by atomic mass is 10.1. The van der Waals surface area contributed by atoms with Crippen molar-refractivity contribution in [1.82, 2.24) is 20.5 Å². The molecule has 0 bridgehead atoms. The zero-order valence-corrected chi connectivity index (χ0v) is 17.9. The van der Waals surface area contributed by atoms with E-state index in [4.69, 9.17) is 9.47 Å². The number of morpholine rings is 1. The fraction of sp³-hybridized carbons (Fsp3) is 0.611. The first-order chi connectivity index (χ1) is 12.8. The Morgan fingerprint density at radius 1 is 1.30 bits per heavy atom. The summed E-state index contributed by atoms with van der Waals surface area (Å²) in [5, 5.41) is 6.18. The first-order valence-corrected chi connectivity index (χ1v) is 9.15. The number of hydrogen-bond donors (Lipinski definition) is 2. The maximum Gasteiger partial charge on any atom is 0.252 e. The summed E-state index contributed by atoms with van der Waals surface area (Å²) >= 11 is 0. The average Bonchev–Trinajstić information content (AvgIpc) is 3.23. The lowest BCUT2D eigenvalue weighted by Crippen LogP contribution is -2.54. The molecular formula is C18H28IN5O3. The third kappa shape index (κ3) is 6.28. The fourth-order valence-electron chi connectivity index (χ4n) is 3.27. The molecule has 1 aromatic rings. The Kier molecular flexibility index (Phi) is 9.22. The molecule has 3 rings (SSSR count). The van der Waals surface area contributed by atoms with Gasteiger partial charge in [0.05, 0.1) is 18.3 Å².